The predicted molar refractivity (Wildman–Crippen MR) is 157 cm³/mol. The van der Waals surface area contributed by atoms with Crippen LogP contribution in [0.5, 0.6) is 5.75 Å². The van der Waals surface area contributed by atoms with Gasteiger partial charge in [0, 0.05) is 19.2 Å². The lowest BCUT2D eigenvalue weighted by molar-refractivity contribution is -0.384. The van der Waals surface area contributed by atoms with Crippen LogP contribution in [0.3, 0.4) is 0 Å². The summed E-state index contributed by atoms with van der Waals surface area (Å²) in [5.41, 5.74) is 2.44. The highest BCUT2D eigenvalue weighted by Gasteiger charge is 2.30. The number of ether oxygens (including phenoxy) is 2. The van der Waals surface area contributed by atoms with Crippen LogP contribution in [0, 0.1) is 10.1 Å². The van der Waals surface area contributed by atoms with E-state index in [4.69, 9.17) is 9.47 Å². The van der Waals surface area contributed by atoms with Crippen molar-refractivity contribution in [2.45, 2.75) is 13.5 Å². The van der Waals surface area contributed by atoms with Gasteiger partial charge in [-0.25, -0.2) is 9.79 Å². The standard InChI is InChI=1S/C27H21Br2N3O6S/c1-3-37-26(34)18-7-9-19(10-8-18)30-27-31(2)25(33)23(39-27)14-17-12-21(28)24(22(29)13-17)38-15-16-5-4-6-20(11-16)32(35)36/h4-14H,3,15H2,1-2H3/b23-14-,30-27?. The number of amides is 1. The summed E-state index contributed by atoms with van der Waals surface area (Å²) >= 11 is 8.27. The van der Waals surface area contributed by atoms with Crippen LogP contribution < -0.4 is 4.74 Å². The lowest BCUT2D eigenvalue weighted by Crippen LogP contribution is -2.23. The summed E-state index contributed by atoms with van der Waals surface area (Å²) in [5, 5.41) is 11.5. The molecule has 4 rings (SSSR count). The largest absolute Gasteiger partial charge is 0.487 e. The number of halogens is 2. The molecule has 1 aliphatic heterocycles. The fourth-order valence-electron chi connectivity index (χ4n) is 3.52. The Kier molecular flexibility index (Phi) is 9.20. The Balaban J connectivity index is 1.49. The monoisotopic (exact) mass is 673 g/mol. The van der Waals surface area contributed by atoms with Crippen LogP contribution in [-0.2, 0) is 16.1 Å². The molecular formula is C27H21Br2N3O6S. The molecular weight excluding hydrogens is 654 g/mol. The summed E-state index contributed by atoms with van der Waals surface area (Å²) in [4.78, 5) is 41.8. The number of amidine groups is 1. The minimum atomic E-state index is -0.449. The van der Waals surface area contributed by atoms with Gasteiger partial charge in [-0.3, -0.25) is 19.8 Å². The van der Waals surface area contributed by atoms with Crippen LogP contribution in [0.1, 0.15) is 28.4 Å². The molecule has 1 amide bonds. The van der Waals surface area contributed by atoms with Crippen LogP contribution in [0.2, 0.25) is 0 Å². The minimum Gasteiger partial charge on any atom is -0.487 e. The zero-order chi connectivity index (χ0) is 28.1. The number of nitrogens with zero attached hydrogens (tertiary/aromatic N) is 3. The maximum atomic E-state index is 12.9. The number of nitro benzene ring substituents is 1. The number of non-ortho nitro benzene ring substituents is 1. The molecule has 12 heteroatoms. The van der Waals surface area contributed by atoms with Crippen LogP contribution in [0.25, 0.3) is 6.08 Å². The smallest absolute Gasteiger partial charge is 0.338 e. The van der Waals surface area contributed by atoms with Crippen molar-refractivity contribution in [2.75, 3.05) is 13.7 Å². The number of carbonyl (C=O) groups excluding carboxylic acids is 2. The average molecular weight is 675 g/mol. The molecule has 1 aliphatic rings. The first-order chi connectivity index (χ1) is 18.7. The van der Waals surface area contributed by atoms with E-state index in [-0.39, 0.29) is 18.2 Å². The normalized spacial score (nSPS) is 15.2. The second kappa shape index (κ2) is 12.6. The van der Waals surface area contributed by atoms with E-state index in [9.17, 15) is 19.7 Å². The first-order valence-electron chi connectivity index (χ1n) is 11.5. The van der Waals surface area contributed by atoms with Crippen molar-refractivity contribution >= 4 is 78.1 Å². The van der Waals surface area contributed by atoms with E-state index in [0.29, 0.717) is 48.2 Å². The molecule has 39 heavy (non-hydrogen) atoms. The quantitative estimate of drug-likeness (QED) is 0.108. The molecule has 3 aromatic carbocycles. The van der Waals surface area contributed by atoms with E-state index in [1.54, 1.807) is 56.4 Å². The number of carbonyl (C=O) groups is 2. The molecule has 1 saturated heterocycles. The second-order valence-electron chi connectivity index (χ2n) is 8.17. The Hall–Kier alpha value is -3.48. The van der Waals surface area contributed by atoms with Gasteiger partial charge in [-0.2, -0.15) is 0 Å². The second-order valence-corrected chi connectivity index (χ2v) is 10.9. The van der Waals surface area contributed by atoms with Crippen molar-refractivity contribution < 1.29 is 24.0 Å². The van der Waals surface area contributed by atoms with Gasteiger partial charge in [0.15, 0.2) is 5.17 Å². The molecule has 0 aromatic heterocycles. The fraction of sp³-hybridized carbons (Fsp3) is 0.148. The number of aliphatic imine (C=N–C) groups is 1. The summed E-state index contributed by atoms with van der Waals surface area (Å²) in [7, 11) is 1.65. The highest BCUT2D eigenvalue weighted by atomic mass is 79.9. The lowest BCUT2D eigenvalue weighted by Gasteiger charge is -2.11. The summed E-state index contributed by atoms with van der Waals surface area (Å²) in [6, 6.07) is 16.5. The Morgan fingerprint density at radius 3 is 2.46 bits per heavy atom. The van der Waals surface area contributed by atoms with E-state index < -0.39 is 10.9 Å². The van der Waals surface area contributed by atoms with Crippen LogP contribution in [-0.4, -0.2) is 40.5 Å². The molecule has 0 spiro atoms. The first-order valence-corrected chi connectivity index (χ1v) is 13.9. The van der Waals surface area contributed by atoms with E-state index in [0.717, 1.165) is 5.56 Å². The molecule has 0 bridgehead atoms. The number of nitro groups is 1. The Morgan fingerprint density at radius 1 is 1.13 bits per heavy atom. The van der Waals surface area contributed by atoms with Crippen molar-refractivity contribution in [2.24, 2.45) is 4.99 Å². The summed E-state index contributed by atoms with van der Waals surface area (Å²) in [6.45, 7) is 2.18. The van der Waals surface area contributed by atoms with Crippen LogP contribution in [0.4, 0.5) is 11.4 Å². The number of likely N-dealkylation sites (N-methyl/N-ethyl adjacent to an activating group) is 1. The van der Waals surface area contributed by atoms with Gasteiger partial charge in [0.2, 0.25) is 0 Å². The number of benzene rings is 3. The third-order valence-electron chi connectivity index (χ3n) is 5.43. The maximum Gasteiger partial charge on any atom is 0.338 e. The number of thioether (sulfide) groups is 1. The van der Waals surface area contributed by atoms with Gasteiger partial charge in [-0.15, -0.1) is 0 Å². The molecule has 9 nitrogen and oxygen atoms in total. The van der Waals surface area contributed by atoms with Crippen molar-refractivity contribution in [3.63, 3.8) is 0 Å². The Bertz CT molecular complexity index is 1480. The van der Waals surface area contributed by atoms with E-state index >= 15 is 0 Å². The molecule has 0 aliphatic carbocycles. The Morgan fingerprint density at radius 2 is 1.82 bits per heavy atom. The van der Waals surface area contributed by atoms with Gasteiger partial charge in [0.05, 0.1) is 36.6 Å². The highest BCUT2D eigenvalue weighted by Crippen LogP contribution is 2.38. The van der Waals surface area contributed by atoms with Crippen LogP contribution in [0.15, 0.2) is 79.5 Å². The van der Waals surface area contributed by atoms with Crippen LogP contribution >= 0.6 is 43.6 Å². The predicted octanol–water partition coefficient (Wildman–Crippen LogP) is 7.11. The SMILES string of the molecule is CCOC(=O)c1ccc(N=C2S/C(=C\c3cc(Br)c(OCc4cccc([N+](=O)[O-])c4)c(Br)c3)C(=O)N2C)cc1. The summed E-state index contributed by atoms with van der Waals surface area (Å²) in [5.74, 6) is -0.0675. The van der Waals surface area contributed by atoms with Gasteiger partial charge in [-0.1, -0.05) is 12.1 Å². The number of esters is 1. The molecule has 0 saturated carbocycles. The summed E-state index contributed by atoms with van der Waals surface area (Å²) in [6.07, 6.45) is 1.76. The zero-order valence-electron chi connectivity index (χ0n) is 20.7. The van der Waals surface area contributed by atoms with Gasteiger partial charge in [-0.05, 0) is 104 Å². The molecule has 0 N–H and O–H groups in total. The zero-order valence-corrected chi connectivity index (χ0v) is 24.7. The third-order valence-corrected chi connectivity index (χ3v) is 7.67. The minimum absolute atomic E-state index is 0.00324. The number of hydrogen-bond donors (Lipinski definition) is 0. The topological polar surface area (TPSA) is 111 Å². The van der Waals surface area contributed by atoms with Gasteiger partial charge in [0.1, 0.15) is 12.4 Å². The van der Waals surface area contributed by atoms with Crippen molar-refractivity contribution in [3.05, 3.63) is 101 Å². The highest BCUT2D eigenvalue weighted by molar-refractivity contribution is 9.11. The van der Waals surface area contributed by atoms with Gasteiger partial charge < -0.3 is 9.47 Å². The maximum absolute atomic E-state index is 12.9. The van der Waals surface area contributed by atoms with E-state index in [1.165, 1.54) is 28.8 Å². The van der Waals surface area contributed by atoms with Crippen molar-refractivity contribution in [3.8, 4) is 5.75 Å². The average Bonchev–Trinajstić information content (AvgIpc) is 3.16. The molecule has 1 heterocycles. The van der Waals surface area contributed by atoms with Gasteiger partial charge in [0.25, 0.3) is 11.6 Å². The first kappa shape index (κ1) is 28.5. The molecule has 0 unspecified atom stereocenters. The Labute approximate surface area is 245 Å². The lowest BCUT2D eigenvalue weighted by atomic mass is 10.2. The van der Waals surface area contributed by atoms with E-state index in [1.807, 2.05) is 12.1 Å². The van der Waals surface area contributed by atoms with Crippen molar-refractivity contribution in [1.29, 1.82) is 0 Å². The van der Waals surface area contributed by atoms with Gasteiger partial charge >= 0.3 is 5.97 Å². The molecule has 1 fully saturated rings. The summed E-state index contributed by atoms with van der Waals surface area (Å²) < 4.78 is 12.2. The van der Waals surface area contributed by atoms with Crippen molar-refractivity contribution in [1.82, 2.24) is 4.90 Å². The number of rotatable bonds is 8. The molecule has 0 radical (unpaired) electrons. The number of hydrogen-bond acceptors (Lipinski definition) is 8. The van der Waals surface area contributed by atoms with E-state index in [2.05, 4.69) is 36.9 Å². The molecule has 200 valence electrons. The molecule has 3 aromatic rings. The fourth-order valence-corrected chi connectivity index (χ4v) is 5.95. The third kappa shape index (κ3) is 6.94. The molecule has 0 atom stereocenters.